The van der Waals surface area contributed by atoms with Gasteiger partial charge in [0.2, 0.25) is 5.91 Å². The molecule has 2 aliphatic heterocycles. The van der Waals surface area contributed by atoms with Crippen LogP contribution < -0.4 is 10.1 Å². The molecule has 2 saturated heterocycles. The topological polar surface area (TPSA) is 50.8 Å². The molecular weight excluding hydrogens is 328 g/mol. The molecule has 26 heavy (non-hydrogen) atoms. The summed E-state index contributed by atoms with van der Waals surface area (Å²) in [5, 5.41) is 3.02. The SMILES string of the molecule is COc1ccc(CN2C[C@H]3C[C@H](C(=O)Nc4ccccc4)[C@@H](C2)O3)cc1. The third-order valence-corrected chi connectivity index (χ3v) is 5.18. The molecule has 136 valence electrons. The number of ether oxygens (including phenoxy) is 2. The fourth-order valence-electron chi connectivity index (χ4n) is 3.89. The first-order valence-corrected chi connectivity index (χ1v) is 9.08. The Bertz CT molecular complexity index is 748. The van der Waals surface area contributed by atoms with E-state index in [0.29, 0.717) is 0 Å². The Morgan fingerprint density at radius 1 is 1.15 bits per heavy atom. The Kier molecular flexibility index (Phi) is 4.91. The molecule has 2 heterocycles. The van der Waals surface area contributed by atoms with Gasteiger partial charge in [0.1, 0.15) is 5.75 Å². The summed E-state index contributed by atoms with van der Waals surface area (Å²) in [6.07, 6.45) is 0.900. The number of amides is 1. The van der Waals surface area contributed by atoms with E-state index in [-0.39, 0.29) is 24.0 Å². The average Bonchev–Trinajstić information content (AvgIpc) is 2.97. The standard InChI is InChI=1S/C21H24N2O3/c1-25-17-9-7-15(8-10-17)12-23-13-18-11-19(20(14-23)26-18)21(24)22-16-5-3-2-4-6-16/h2-10,18-20H,11-14H2,1H3,(H,22,24)/t18-,19+,20-/m1/s1. The molecular formula is C21H24N2O3. The van der Waals surface area contributed by atoms with Gasteiger partial charge in [0.15, 0.2) is 0 Å². The minimum absolute atomic E-state index is 0.0317. The summed E-state index contributed by atoms with van der Waals surface area (Å²) in [7, 11) is 1.68. The summed E-state index contributed by atoms with van der Waals surface area (Å²) in [5.41, 5.74) is 2.09. The minimum Gasteiger partial charge on any atom is -0.497 e. The van der Waals surface area contributed by atoms with Crippen molar-refractivity contribution in [3.05, 3.63) is 60.2 Å². The van der Waals surface area contributed by atoms with Gasteiger partial charge in [-0.3, -0.25) is 9.69 Å². The highest BCUT2D eigenvalue weighted by atomic mass is 16.5. The normalized spacial score (nSPS) is 25.0. The third kappa shape index (κ3) is 3.74. The fraction of sp³-hybridized carbons (Fsp3) is 0.381. The van der Waals surface area contributed by atoms with Crippen molar-refractivity contribution < 1.29 is 14.3 Å². The van der Waals surface area contributed by atoms with Crippen molar-refractivity contribution in [3.8, 4) is 5.75 Å². The number of rotatable bonds is 5. The van der Waals surface area contributed by atoms with Gasteiger partial charge in [-0.05, 0) is 36.2 Å². The number of nitrogens with one attached hydrogen (secondary N) is 1. The maximum atomic E-state index is 12.7. The number of para-hydroxylation sites is 1. The van der Waals surface area contributed by atoms with Crippen LogP contribution in [-0.4, -0.2) is 43.2 Å². The molecule has 0 aromatic heterocycles. The monoisotopic (exact) mass is 352 g/mol. The summed E-state index contributed by atoms with van der Waals surface area (Å²) < 4.78 is 11.3. The number of carbonyl (C=O) groups excluding carboxylic acids is 1. The number of benzene rings is 2. The lowest BCUT2D eigenvalue weighted by Gasteiger charge is -2.32. The molecule has 2 fully saturated rings. The van der Waals surface area contributed by atoms with Crippen LogP contribution in [0.15, 0.2) is 54.6 Å². The molecule has 5 nitrogen and oxygen atoms in total. The molecule has 2 bridgehead atoms. The molecule has 3 atom stereocenters. The zero-order chi connectivity index (χ0) is 17.9. The van der Waals surface area contributed by atoms with Crippen LogP contribution in [0, 0.1) is 5.92 Å². The summed E-state index contributed by atoms with van der Waals surface area (Å²) in [6, 6.07) is 17.8. The Morgan fingerprint density at radius 2 is 1.92 bits per heavy atom. The summed E-state index contributed by atoms with van der Waals surface area (Å²) in [6.45, 7) is 2.53. The maximum absolute atomic E-state index is 12.7. The van der Waals surface area contributed by atoms with Crippen LogP contribution >= 0.6 is 0 Å². The van der Waals surface area contributed by atoms with E-state index >= 15 is 0 Å². The Morgan fingerprint density at radius 3 is 2.65 bits per heavy atom. The second-order valence-electron chi connectivity index (χ2n) is 7.04. The number of likely N-dealkylation sites (tertiary alicyclic amines) is 1. The van der Waals surface area contributed by atoms with Crippen LogP contribution in [0.1, 0.15) is 12.0 Å². The molecule has 0 aliphatic carbocycles. The third-order valence-electron chi connectivity index (χ3n) is 5.18. The Labute approximate surface area is 153 Å². The van der Waals surface area contributed by atoms with Crippen molar-refractivity contribution in [1.82, 2.24) is 4.90 Å². The van der Waals surface area contributed by atoms with Gasteiger partial charge in [-0.2, -0.15) is 0 Å². The van der Waals surface area contributed by atoms with E-state index in [1.54, 1.807) is 7.11 Å². The van der Waals surface area contributed by atoms with Gasteiger partial charge in [-0.25, -0.2) is 0 Å². The largest absolute Gasteiger partial charge is 0.497 e. The predicted octanol–water partition coefficient (Wildman–Crippen LogP) is 2.92. The highest BCUT2D eigenvalue weighted by molar-refractivity contribution is 5.93. The first kappa shape index (κ1) is 17.1. The van der Waals surface area contributed by atoms with Crippen molar-refractivity contribution in [1.29, 1.82) is 0 Å². The van der Waals surface area contributed by atoms with E-state index in [2.05, 4.69) is 22.3 Å². The van der Waals surface area contributed by atoms with Crippen molar-refractivity contribution in [3.63, 3.8) is 0 Å². The van der Waals surface area contributed by atoms with Crippen LogP contribution in [0.3, 0.4) is 0 Å². The molecule has 0 unspecified atom stereocenters. The lowest BCUT2D eigenvalue weighted by Crippen LogP contribution is -2.44. The first-order chi connectivity index (χ1) is 12.7. The van der Waals surface area contributed by atoms with Gasteiger partial charge in [0.25, 0.3) is 0 Å². The smallest absolute Gasteiger partial charge is 0.230 e. The van der Waals surface area contributed by atoms with Gasteiger partial charge in [0.05, 0.1) is 25.2 Å². The molecule has 2 aromatic rings. The van der Waals surface area contributed by atoms with Crippen LogP contribution in [0.2, 0.25) is 0 Å². The van der Waals surface area contributed by atoms with Gasteiger partial charge in [-0.15, -0.1) is 0 Å². The van der Waals surface area contributed by atoms with E-state index < -0.39 is 0 Å². The van der Waals surface area contributed by atoms with E-state index in [4.69, 9.17) is 9.47 Å². The lowest BCUT2D eigenvalue weighted by molar-refractivity contribution is -0.123. The van der Waals surface area contributed by atoms with Gasteiger partial charge in [0, 0.05) is 25.3 Å². The van der Waals surface area contributed by atoms with Gasteiger partial charge in [-0.1, -0.05) is 30.3 Å². The quantitative estimate of drug-likeness (QED) is 0.899. The lowest BCUT2D eigenvalue weighted by atomic mass is 9.99. The molecule has 0 radical (unpaired) electrons. The molecule has 5 heteroatoms. The second-order valence-corrected chi connectivity index (χ2v) is 7.04. The second kappa shape index (κ2) is 7.48. The molecule has 4 rings (SSSR count). The predicted molar refractivity (Wildman–Crippen MR) is 100 cm³/mol. The number of methoxy groups -OCH3 is 1. The average molecular weight is 352 g/mol. The first-order valence-electron chi connectivity index (χ1n) is 9.08. The van der Waals surface area contributed by atoms with Gasteiger partial charge >= 0.3 is 0 Å². The highest BCUT2D eigenvalue weighted by Gasteiger charge is 2.44. The maximum Gasteiger partial charge on any atom is 0.230 e. The number of anilines is 1. The van der Waals surface area contributed by atoms with Crippen molar-refractivity contribution >= 4 is 11.6 Å². The number of hydrogen-bond acceptors (Lipinski definition) is 4. The number of carbonyl (C=O) groups is 1. The Hall–Kier alpha value is -2.37. The molecule has 0 saturated carbocycles. The Balaban J connectivity index is 1.37. The molecule has 2 aromatic carbocycles. The number of hydrogen-bond donors (Lipinski definition) is 1. The number of morpholine rings is 1. The van der Waals surface area contributed by atoms with Crippen LogP contribution in [0.25, 0.3) is 0 Å². The van der Waals surface area contributed by atoms with Gasteiger partial charge < -0.3 is 14.8 Å². The van der Waals surface area contributed by atoms with E-state index in [1.165, 1.54) is 5.56 Å². The van der Waals surface area contributed by atoms with E-state index in [9.17, 15) is 4.79 Å². The molecule has 2 aliphatic rings. The summed E-state index contributed by atoms with van der Waals surface area (Å²) in [5.74, 6) is 0.851. The van der Waals surface area contributed by atoms with Crippen LogP contribution in [-0.2, 0) is 16.1 Å². The fourth-order valence-corrected chi connectivity index (χ4v) is 3.89. The number of fused-ring (bicyclic) bond motifs is 2. The van der Waals surface area contributed by atoms with Crippen LogP contribution in [0.4, 0.5) is 5.69 Å². The van der Waals surface area contributed by atoms with Crippen molar-refractivity contribution in [2.45, 2.75) is 25.2 Å². The zero-order valence-electron chi connectivity index (χ0n) is 14.9. The molecule has 1 N–H and O–H groups in total. The summed E-state index contributed by atoms with van der Waals surface area (Å²) in [4.78, 5) is 15.1. The molecule has 1 amide bonds. The number of nitrogens with zero attached hydrogens (tertiary/aromatic N) is 1. The minimum atomic E-state index is -0.0823. The van der Waals surface area contributed by atoms with Crippen molar-refractivity contribution in [2.75, 3.05) is 25.5 Å². The van der Waals surface area contributed by atoms with Crippen LogP contribution in [0.5, 0.6) is 5.75 Å². The summed E-state index contributed by atoms with van der Waals surface area (Å²) >= 11 is 0. The highest BCUT2D eigenvalue weighted by Crippen LogP contribution is 2.33. The van der Waals surface area contributed by atoms with E-state index in [0.717, 1.165) is 37.5 Å². The van der Waals surface area contributed by atoms with E-state index in [1.807, 2.05) is 42.5 Å². The zero-order valence-corrected chi connectivity index (χ0v) is 14.9. The van der Waals surface area contributed by atoms with Crippen molar-refractivity contribution in [2.24, 2.45) is 5.92 Å². The molecule has 0 spiro atoms.